The first-order valence-corrected chi connectivity index (χ1v) is 10.8. The van der Waals surface area contributed by atoms with Gasteiger partial charge >= 0.3 is 6.09 Å². The average molecular weight is 431 g/mol. The van der Waals surface area contributed by atoms with Crippen LogP contribution < -0.4 is 15.4 Å². The Bertz CT molecular complexity index is 936. The highest BCUT2D eigenvalue weighted by Crippen LogP contribution is 2.39. The van der Waals surface area contributed by atoms with Crippen molar-refractivity contribution in [3.63, 3.8) is 0 Å². The number of anilines is 1. The zero-order valence-corrected chi connectivity index (χ0v) is 18.2. The second-order valence-electron chi connectivity index (χ2n) is 7.30. The van der Waals surface area contributed by atoms with Gasteiger partial charge in [-0.2, -0.15) is 0 Å². The van der Waals surface area contributed by atoms with Crippen molar-refractivity contribution in [2.75, 3.05) is 19.0 Å². The van der Waals surface area contributed by atoms with Crippen molar-refractivity contribution < 1.29 is 23.9 Å². The number of carbonyl (C=O) groups is 3. The second-order valence-corrected chi connectivity index (χ2v) is 8.41. The lowest BCUT2D eigenvalue weighted by Crippen LogP contribution is -2.32. The lowest BCUT2D eigenvalue weighted by Gasteiger charge is -2.18. The van der Waals surface area contributed by atoms with Crippen LogP contribution in [0.25, 0.3) is 0 Å². The molecule has 0 saturated carbocycles. The zero-order chi connectivity index (χ0) is 21.7. The highest BCUT2D eigenvalue weighted by Gasteiger charge is 2.29. The van der Waals surface area contributed by atoms with Crippen LogP contribution in [0.3, 0.4) is 0 Å². The van der Waals surface area contributed by atoms with Gasteiger partial charge in [-0.1, -0.05) is 19.1 Å². The van der Waals surface area contributed by atoms with Gasteiger partial charge < -0.3 is 14.8 Å². The van der Waals surface area contributed by atoms with Crippen LogP contribution in [0, 0.1) is 5.92 Å². The molecule has 1 aromatic carbocycles. The number of rotatable bonds is 6. The third-order valence-corrected chi connectivity index (χ3v) is 6.18. The van der Waals surface area contributed by atoms with E-state index in [9.17, 15) is 14.4 Å². The molecule has 7 nitrogen and oxygen atoms in total. The summed E-state index contributed by atoms with van der Waals surface area (Å²) in [6.07, 6.45) is 1.94. The maximum absolute atomic E-state index is 12.8. The molecule has 1 aliphatic carbocycles. The summed E-state index contributed by atoms with van der Waals surface area (Å²) in [4.78, 5) is 38.3. The minimum Gasteiger partial charge on any atom is -0.497 e. The van der Waals surface area contributed by atoms with Crippen molar-refractivity contribution in [2.24, 2.45) is 5.92 Å². The largest absolute Gasteiger partial charge is 0.497 e. The molecule has 160 valence electrons. The van der Waals surface area contributed by atoms with E-state index in [1.165, 1.54) is 11.3 Å². The average Bonchev–Trinajstić information content (AvgIpc) is 3.05. The topological polar surface area (TPSA) is 93.7 Å². The number of nitrogens with one attached hydrogen (secondary N) is 2. The highest BCUT2D eigenvalue weighted by molar-refractivity contribution is 7.17. The van der Waals surface area contributed by atoms with Crippen LogP contribution in [0.4, 0.5) is 9.80 Å². The Morgan fingerprint density at radius 2 is 1.93 bits per heavy atom. The van der Waals surface area contributed by atoms with E-state index in [4.69, 9.17) is 9.47 Å². The molecule has 0 bridgehead atoms. The molecule has 1 unspecified atom stereocenters. The summed E-state index contributed by atoms with van der Waals surface area (Å²) in [6, 6.07) is 7.25. The van der Waals surface area contributed by atoms with Crippen LogP contribution in [0.5, 0.6) is 5.75 Å². The number of ether oxygens (including phenoxy) is 2. The van der Waals surface area contributed by atoms with E-state index in [1.807, 2.05) is 12.1 Å². The smallest absolute Gasteiger partial charge is 0.414 e. The van der Waals surface area contributed by atoms with Crippen LogP contribution in [0.2, 0.25) is 0 Å². The molecule has 0 fully saturated rings. The third kappa shape index (κ3) is 5.18. The van der Waals surface area contributed by atoms with E-state index in [1.54, 1.807) is 26.2 Å². The van der Waals surface area contributed by atoms with Crippen molar-refractivity contribution >= 4 is 34.2 Å². The van der Waals surface area contributed by atoms with E-state index >= 15 is 0 Å². The number of hydrogen-bond donors (Lipinski definition) is 2. The number of fused-ring (bicyclic) bond motifs is 1. The number of methoxy groups -OCH3 is 1. The quantitative estimate of drug-likeness (QED) is 0.724. The number of alkyl carbamates (subject to hydrolysis) is 1. The standard InChI is InChI=1S/C22H26N2O5S/c1-4-29-22(27)24-20(26)19-16-10-5-13(2)11-17(16)30-21(19)23-18(25)12-14-6-8-15(28-3)9-7-14/h6-9,13H,4-5,10-12H2,1-3H3,(H,23,25)(H,24,26,27). The minimum atomic E-state index is -0.790. The van der Waals surface area contributed by atoms with Crippen LogP contribution in [-0.4, -0.2) is 31.6 Å². The van der Waals surface area contributed by atoms with E-state index in [-0.39, 0.29) is 18.9 Å². The number of amides is 3. The zero-order valence-electron chi connectivity index (χ0n) is 17.4. The number of benzene rings is 1. The van der Waals surface area contributed by atoms with E-state index in [0.29, 0.717) is 16.5 Å². The van der Waals surface area contributed by atoms with E-state index in [0.717, 1.165) is 41.0 Å². The van der Waals surface area contributed by atoms with E-state index in [2.05, 4.69) is 17.6 Å². The Morgan fingerprint density at radius 3 is 2.60 bits per heavy atom. The summed E-state index contributed by atoms with van der Waals surface area (Å²) < 4.78 is 9.96. The van der Waals surface area contributed by atoms with Crippen LogP contribution in [0.15, 0.2) is 24.3 Å². The highest BCUT2D eigenvalue weighted by atomic mass is 32.1. The Labute approximate surface area is 179 Å². The van der Waals surface area contributed by atoms with Crippen molar-refractivity contribution in [1.82, 2.24) is 5.32 Å². The number of thiophene rings is 1. The predicted octanol–water partition coefficient (Wildman–Crippen LogP) is 3.95. The first kappa shape index (κ1) is 21.8. The predicted molar refractivity (Wildman–Crippen MR) is 115 cm³/mol. The molecule has 0 aliphatic heterocycles. The molecule has 1 aliphatic rings. The Hall–Kier alpha value is -2.87. The molecule has 3 amide bonds. The summed E-state index contributed by atoms with van der Waals surface area (Å²) in [5, 5.41) is 5.62. The fourth-order valence-electron chi connectivity index (χ4n) is 3.50. The molecule has 1 atom stereocenters. The second kappa shape index (κ2) is 9.75. The fraction of sp³-hybridized carbons (Fsp3) is 0.409. The molecule has 3 rings (SSSR count). The molecule has 8 heteroatoms. The van der Waals surface area contributed by atoms with Crippen LogP contribution in [-0.2, 0) is 28.8 Å². The molecule has 30 heavy (non-hydrogen) atoms. The lowest BCUT2D eigenvalue weighted by molar-refractivity contribution is -0.115. The molecule has 2 N–H and O–H groups in total. The van der Waals surface area contributed by atoms with Crippen LogP contribution in [0.1, 0.15) is 46.6 Å². The Kier molecular flexibility index (Phi) is 7.10. The van der Waals surface area contributed by atoms with Crippen molar-refractivity contribution in [3.05, 3.63) is 45.8 Å². The molecule has 2 aromatic rings. The molecule has 1 heterocycles. The Balaban J connectivity index is 1.80. The summed E-state index contributed by atoms with van der Waals surface area (Å²) in [5.74, 6) is 0.467. The van der Waals surface area contributed by atoms with Gasteiger partial charge in [0.1, 0.15) is 10.8 Å². The Morgan fingerprint density at radius 1 is 1.20 bits per heavy atom. The molecular formula is C22H26N2O5S. The normalized spacial score (nSPS) is 15.1. The first-order valence-electron chi connectivity index (χ1n) is 9.96. The molecule has 0 radical (unpaired) electrons. The monoisotopic (exact) mass is 430 g/mol. The molecule has 0 saturated heterocycles. The van der Waals surface area contributed by atoms with E-state index < -0.39 is 12.0 Å². The number of imide groups is 1. The number of carbonyl (C=O) groups excluding carboxylic acids is 3. The first-order chi connectivity index (χ1) is 14.4. The van der Waals surface area contributed by atoms with Crippen molar-refractivity contribution in [3.8, 4) is 5.75 Å². The summed E-state index contributed by atoms with van der Waals surface area (Å²) >= 11 is 1.41. The fourth-order valence-corrected chi connectivity index (χ4v) is 4.93. The van der Waals surface area contributed by atoms with Gasteiger partial charge in [0.05, 0.1) is 25.7 Å². The lowest BCUT2D eigenvalue weighted by atomic mass is 9.88. The SMILES string of the molecule is CCOC(=O)NC(=O)c1c(NC(=O)Cc2ccc(OC)cc2)sc2c1CCC(C)C2. The molecule has 0 spiro atoms. The minimum absolute atomic E-state index is 0.169. The van der Waals surface area contributed by atoms with Gasteiger partial charge in [0.15, 0.2) is 0 Å². The van der Waals surface area contributed by atoms with Gasteiger partial charge in [0.2, 0.25) is 5.91 Å². The van der Waals surface area contributed by atoms with Gasteiger partial charge in [-0.15, -0.1) is 11.3 Å². The molecular weight excluding hydrogens is 404 g/mol. The summed E-state index contributed by atoms with van der Waals surface area (Å²) in [6.45, 7) is 4.01. The summed E-state index contributed by atoms with van der Waals surface area (Å²) in [5.41, 5.74) is 2.12. The maximum Gasteiger partial charge on any atom is 0.414 e. The van der Waals surface area contributed by atoms with Gasteiger partial charge in [-0.05, 0) is 55.4 Å². The third-order valence-electron chi connectivity index (χ3n) is 5.01. The van der Waals surface area contributed by atoms with Crippen molar-refractivity contribution in [2.45, 2.75) is 39.5 Å². The molecule has 1 aromatic heterocycles. The van der Waals surface area contributed by atoms with Gasteiger partial charge in [0.25, 0.3) is 5.91 Å². The van der Waals surface area contributed by atoms with Crippen molar-refractivity contribution in [1.29, 1.82) is 0 Å². The number of hydrogen-bond acceptors (Lipinski definition) is 6. The van der Waals surface area contributed by atoms with Gasteiger partial charge in [0, 0.05) is 4.88 Å². The van der Waals surface area contributed by atoms with Gasteiger partial charge in [-0.3, -0.25) is 14.9 Å². The van der Waals surface area contributed by atoms with Crippen LogP contribution >= 0.6 is 11.3 Å². The maximum atomic E-state index is 12.8. The summed E-state index contributed by atoms with van der Waals surface area (Å²) in [7, 11) is 1.59. The van der Waals surface area contributed by atoms with Gasteiger partial charge in [-0.25, -0.2) is 4.79 Å².